The van der Waals surface area contributed by atoms with E-state index in [0.29, 0.717) is 23.0 Å². The van der Waals surface area contributed by atoms with Crippen molar-refractivity contribution in [3.63, 3.8) is 0 Å². The highest BCUT2D eigenvalue weighted by Gasteiger charge is 2.27. The zero-order valence-electron chi connectivity index (χ0n) is 15.9. The van der Waals surface area contributed by atoms with Gasteiger partial charge in [-0.3, -0.25) is 9.59 Å². The van der Waals surface area contributed by atoms with Crippen LogP contribution in [-0.2, 0) is 6.54 Å². The summed E-state index contributed by atoms with van der Waals surface area (Å²) in [6.45, 7) is 9.34. The molecule has 6 heteroatoms. The zero-order chi connectivity index (χ0) is 18.7. The summed E-state index contributed by atoms with van der Waals surface area (Å²) < 4.78 is 1.36. The Bertz CT molecular complexity index is 851. The predicted octanol–water partition coefficient (Wildman–Crippen LogP) is 2.41. The highest BCUT2D eigenvalue weighted by molar-refractivity contribution is 6.05. The maximum atomic E-state index is 13.0. The summed E-state index contributed by atoms with van der Waals surface area (Å²) in [5.74, 6) is -0.231. The minimum atomic E-state index is -0.371. The van der Waals surface area contributed by atoms with Gasteiger partial charge < -0.3 is 10.2 Å². The molecule has 0 aliphatic carbocycles. The van der Waals surface area contributed by atoms with Gasteiger partial charge in [0.15, 0.2) is 5.69 Å². The van der Waals surface area contributed by atoms with Crippen LogP contribution in [0.1, 0.15) is 50.5 Å². The predicted molar refractivity (Wildman–Crippen MR) is 104 cm³/mol. The molecule has 0 bridgehead atoms. The van der Waals surface area contributed by atoms with Gasteiger partial charge in [0.05, 0.1) is 5.39 Å². The van der Waals surface area contributed by atoms with Crippen LogP contribution in [-0.4, -0.2) is 45.8 Å². The van der Waals surface area contributed by atoms with Crippen LogP contribution in [0.3, 0.4) is 0 Å². The molecule has 0 radical (unpaired) electrons. The lowest BCUT2D eigenvalue weighted by Gasteiger charge is -2.35. The van der Waals surface area contributed by atoms with E-state index in [4.69, 9.17) is 0 Å². The fraction of sp³-hybridized carbons (Fsp3) is 0.550. The van der Waals surface area contributed by atoms with Crippen molar-refractivity contribution in [1.82, 2.24) is 20.0 Å². The highest BCUT2D eigenvalue weighted by Crippen LogP contribution is 2.16. The average molecular weight is 356 g/mol. The topological polar surface area (TPSA) is 67.2 Å². The van der Waals surface area contributed by atoms with Crippen LogP contribution in [0.5, 0.6) is 0 Å². The summed E-state index contributed by atoms with van der Waals surface area (Å²) in [4.78, 5) is 27.8. The van der Waals surface area contributed by atoms with Crippen LogP contribution in [0.4, 0.5) is 0 Å². The second-order valence-corrected chi connectivity index (χ2v) is 7.69. The summed E-state index contributed by atoms with van der Waals surface area (Å²) in [7, 11) is 0. The van der Waals surface area contributed by atoms with Gasteiger partial charge in [0.1, 0.15) is 0 Å². The Morgan fingerprint density at radius 2 is 1.81 bits per heavy atom. The van der Waals surface area contributed by atoms with E-state index in [9.17, 15) is 9.59 Å². The number of carbonyl (C=O) groups excluding carboxylic acids is 1. The number of aromatic nitrogens is 2. The summed E-state index contributed by atoms with van der Waals surface area (Å²) >= 11 is 0. The molecule has 1 saturated heterocycles. The zero-order valence-corrected chi connectivity index (χ0v) is 15.9. The summed E-state index contributed by atoms with van der Waals surface area (Å²) in [6.07, 6.45) is 3.73. The van der Waals surface area contributed by atoms with Crippen LogP contribution in [0.2, 0.25) is 0 Å². The van der Waals surface area contributed by atoms with Crippen LogP contribution in [0.25, 0.3) is 10.8 Å². The Morgan fingerprint density at radius 1 is 1.15 bits per heavy atom. The number of rotatable bonds is 5. The number of hydrogen-bond donors (Lipinski definition) is 1. The first-order chi connectivity index (χ1) is 12.4. The minimum Gasteiger partial charge on any atom is -0.344 e. The van der Waals surface area contributed by atoms with E-state index in [1.807, 2.05) is 32.9 Å². The van der Waals surface area contributed by atoms with E-state index < -0.39 is 0 Å². The molecule has 1 aromatic carbocycles. The van der Waals surface area contributed by atoms with Gasteiger partial charge in [-0.25, -0.2) is 4.68 Å². The van der Waals surface area contributed by atoms with Crippen LogP contribution in [0, 0.1) is 0 Å². The standard InChI is InChI=1S/C20H28N4O2/c1-4-24-19(26)16-11-7-6-10-15(16)17(22-24)18(25)21-20(2,3)14-23-12-8-5-9-13-23/h6-7,10-11H,4-5,8-9,12-14H2,1-3H3,(H,21,25). The number of fused-ring (bicyclic) bond motifs is 1. The van der Waals surface area contributed by atoms with Crippen molar-refractivity contribution in [3.05, 3.63) is 40.3 Å². The second-order valence-electron chi connectivity index (χ2n) is 7.69. The maximum Gasteiger partial charge on any atom is 0.274 e. The lowest BCUT2D eigenvalue weighted by molar-refractivity contribution is 0.0872. The third-order valence-electron chi connectivity index (χ3n) is 4.90. The molecule has 26 heavy (non-hydrogen) atoms. The molecule has 1 aliphatic rings. The molecule has 1 aromatic heterocycles. The minimum absolute atomic E-state index is 0.160. The molecule has 1 N–H and O–H groups in total. The summed E-state index contributed by atoms with van der Waals surface area (Å²) in [5, 5.41) is 8.59. The van der Waals surface area contributed by atoms with Gasteiger partial charge in [-0.15, -0.1) is 0 Å². The number of amides is 1. The Balaban J connectivity index is 1.87. The fourth-order valence-corrected chi connectivity index (χ4v) is 3.70. The van der Waals surface area contributed by atoms with Gasteiger partial charge in [0.25, 0.3) is 11.5 Å². The first-order valence-corrected chi connectivity index (χ1v) is 9.46. The number of hydrogen-bond acceptors (Lipinski definition) is 4. The van der Waals surface area contributed by atoms with E-state index in [2.05, 4.69) is 15.3 Å². The van der Waals surface area contributed by atoms with Gasteiger partial charge in [-0.2, -0.15) is 5.10 Å². The molecule has 0 unspecified atom stereocenters. The van der Waals surface area contributed by atoms with E-state index in [0.717, 1.165) is 19.6 Å². The molecular formula is C20H28N4O2. The van der Waals surface area contributed by atoms with Gasteiger partial charge in [0.2, 0.25) is 0 Å². The largest absolute Gasteiger partial charge is 0.344 e. The van der Waals surface area contributed by atoms with Crippen molar-refractivity contribution < 1.29 is 4.79 Å². The Morgan fingerprint density at radius 3 is 2.46 bits per heavy atom. The maximum absolute atomic E-state index is 13.0. The van der Waals surface area contributed by atoms with Gasteiger partial charge in [-0.05, 0) is 52.8 Å². The van der Waals surface area contributed by atoms with Crippen LogP contribution < -0.4 is 10.9 Å². The van der Waals surface area contributed by atoms with Crippen molar-refractivity contribution >= 4 is 16.7 Å². The van der Waals surface area contributed by atoms with Crippen molar-refractivity contribution in [2.24, 2.45) is 0 Å². The number of piperidine rings is 1. The van der Waals surface area contributed by atoms with E-state index in [1.54, 1.807) is 12.1 Å². The van der Waals surface area contributed by atoms with Crippen LogP contribution >= 0.6 is 0 Å². The van der Waals surface area contributed by atoms with Crippen molar-refractivity contribution in [1.29, 1.82) is 0 Å². The fourth-order valence-electron chi connectivity index (χ4n) is 3.70. The molecule has 0 saturated carbocycles. The van der Waals surface area contributed by atoms with Crippen LogP contribution in [0.15, 0.2) is 29.1 Å². The molecule has 2 heterocycles. The molecule has 6 nitrogen and oxygen atoms in total. The van der Waals surface area contributed by atoms with E-state index in [1.165, 1.54) is 23.9 Å². The Hall–Kier alpha value is -2.21. The molecule has 140 valence electrons. The smallest absolute Gasteiger partial charge is 0.274 e. The molecule has 1 amide bonds. The molecule has 0 spiro atoms. The molecular weight excluding hydrogens is 328 g/mol. The van der Waals surface area contributed by atoms with Gasteiger partial charge in [0, 0.05) is 24.0 Å². The Kier molecular flexibility index (Phi) is 5.41. The van der Waals surface area contributed by atoms with Crippen molar-refractivity contribution in [3.8, 4) is 0 Å². The van der Waals surface area contributed by atoms with E-state index in [-0.39, 0.29) is 17.0 Å². The Labute approximate surface area is 154 Å². The first-order valence-electron chi connectivity index (χ1n) is 9.46. The number of nitrogens with one attached hydrogen (secondary N) is 1. The lowest BCUT2D eigenvalue weighted by Crippen LogP contribution is -2.52. The van der Waals surface area contributed by atoms with E-state index >= 15 is 0 Å². The normalized spacial score (nSPS) is 16.0. The quantitative estimate of drug-likeness (QED) is 0.893. The van der Waals surface area contributed by atoms with Crippen molar-refractivity contribution in [2.45, 2.75) is 52.1 Å². The lowest BCUT2D eigenvalue weighted by atomic mass is 10.0. The molecule has 3 rings (SSSR count). The number of nitrogens with zero attached hydrogens (tertiary/aromatic N) is 3. The highest BCUT2D eigenvalue weighted by atomic mass is 16.2. The molecule has 0 atom stereocenters. The third kappa shape index (κ3) is 3.96. The molecule has 1 aliphatic heterocycles. The monoisotopic (exact) mass is 356 g/mol. The van der Waals surface area contributed by atoms with Gasteiger partial charge >= 0.3 is 0 Å². The average Bonchev–Trinajstić information content (AvgIpc) is 2.62. The number of likely N-dealkylation sites (tertiary alicyclic amines) is 1. The SMILES string of the molecule is CCn1nc(C(=O)NC(C)(C)CN2CCCCC2)c2ccccc2c1=O. The molecule has 2 aromatic rings. The number of benzene rings is 1. The third-order valence-corrected chi connectivity index (χ3v) is 4.90. The molecule has 1 fully saturated rings. The number of aryl methyl sites for hydroxylation is 1. The second kappa shape index (κ2) is 7.58. The van der Waals surface area contributed by atoms with Crippen molar-refractivity contribution in [2.75, 3.05) is 19.6 Å². The number of carbonyl (C=O) groups is 1. The first kappa shape index (κ1) is 18.6. The van der Waals surface area contributed by atoms with Gasteiger partial charge in [-0.1, -0.05) is 24.6 Å². The summed E-state index contributed by atoms with van der Waals surface area (Å²) in [6, 6.07) is 7.18. The summed E-state index contributed by atoms with van der Waals surface area (Å²) in [5.41, 5.74) is -0.217.